The summed E-state index contributed by atoms with van der Waals surface area (Å²) in [5.74, 6) is 5.70. The van der Waals surface area contributed by atoms with Gasteiger partial charge in [-0.15, -0.1) is 0 Å². The second-order valence-electron chi connectivity index (χ2n) is 5.23. The molecule has 21 heavy (non-hydrogen) atoms. The van der Waals surface area contributed by atoms with Crippen LogP contribution in [-0.4, -0.2) is 43.6 Å². The van der Waals surface area contributed by atoms with Crippen molar-refractivity contribution in [3.63, 3.8) is 0 Å². The van der Waals surface area contributed by atoms with Gasteiger partial charge in [-0.25, -0.2) is 8.42 Å². The molecule has 0 radical (unpaired) electrons. The van der Waals surface area contributed by atoms with Crippen LogP contribution in [0.2, 0.25) is 0 Å². The van der Waals surface area contributed by atoms with Gasteiger partial charge < -0.3 is 10.8 Å². The van der Waals surface area contributed by atoms with Crippen molar-refractivity contribution >= 4 is 10.0 Å². The van der Waals surface area contributed by atoms with E-state index < -0.39 is 16.1 Å². The lowest BCUT2D eigenvalue weighted by molar-refractivity contribution is 0.0605. The van der Waals surface area contributed by atoms with Crippen LogP contribution < -0.4 is 5.73 Å². The monoisotopic (exact) mass is 308 g/mol. The molecule has 1 aliphatic rings. The number of nitrogens with zero attached hydrogens (tertiary/aromatic N) is 1. The summed E-state index contributed by atoms with van der Waals surface area (Å²) < 4.78 is 26.4. The van der Waals surface area contributed by atoms with Crippen molar-refractivity contribution in [2.75, 3.05) is 19.6 Å². The van der Waals surface area contributed by atoms with E-state index in [1.165, 1.54) is 4.31 Å². The molecule has 0 amide bonds. The average Bonchev–Trinajstić information content (AvgIpc) is 2.48. The number of rotatable bonds is 2. The van der Waals surface area contributed by atoms with Crippen LogP contribution >= 0.6 is 0 Å². The molecule has 1 heterocycles. The van der Waals surface area contributed by atoms with Crippen molar-refractivity contribution in [3.05, 3.63) is 29.8 Å². The molecule has 3 N–H and O–H groups in total. The topological polar surface area (TPSA) is 83.6 Å². The van der Waals surface area contributed by atoms with E-state index in [1.807, 2.05) is 6.92 Å². The summed E-state index contributed by atoms with van der Waals surface area (Å²) in [5.41, 5.74) is 6.03. The third-order valence-corrected chi connectivity index (χ3v) is 5.59. The zero-order chi connectivity index (χ0) is 15.5. The number of benzene rings is 1. The molecule has 114 valence electrons. The Kier molecular flexibility index (Phi) is 5.01. The summed E-state index contributed by atoms with van der Waals surface area (Å²) in [6.45, 7) is 2.79. The van der Waals surface area contributed by atoms with Crippen LogP contribution in [0.4, 0.5) is 0 Å². The molecule has 1 aromatic carbocycles. The minimum absolute atomic E-state index is 0.130. The molecule has 0 spiro atoms. The zero-order valence-corrected chi connectivity index (χ0v) is 12.8. The molecule has 1 saturated heterocycles. The third-order valence-electron chi connectivity index (χ3n) is 3.71. The Morgan fingerprint density at radius 1 is 1.38 bits per heavy atom. The van der Waals surface area contributed by atoms with Gasteiger partial charge in [0.1, 0.15) is 0 Å². The summed E-state index contributed by atoms with van der Waals surface area (Å²) in [4.78, 5) is 0.225. The van der Waals surface area contributed by atoms with Crippen LogP contribution in [0.5, 0.6) is 0 Å². The Balaban J connectivity index is 2.20. The van der Waals surface area contributed by atoms with E-state index >= 15 is 0 Å². The van der Waals surface area contributed by atoms with Gasteiger partial charge in [-0.3, -0.25) is 0 Å². The molecule has 1 aromatic rings. The van der Waals surface area contributed by atoms with Gasteiger partial charge in [-0.2, -0.15) is 4.31 Å². The Labute approximate surface area is 125 Å². The molecule has 5 nitrogen and oxygen atoms in total. The minimum atomic E-state index is -3.56. The number of piperidine rings is 1. The van der Waals surface area contributed by atoms with Crippen LogP contribution in [-0.2, 0) is 10.0 Å². The molecule has 6 heteroatoms. The Hall–Kier alpha value is -1.39. The second kappa shape index (κ2) is 6.58. The summed E-state index contributed by atoms with van der Waals surface area (Å²) in [5, 5.41) is 9.86. The standard InChI is InChI=1S/C15H20N2O3S/c1-12-8-10-17(11-15(12)18)21(19,20)14-6-4-13(5-7-14)3-2-9-16/h4-7,12,15,18H,8-11,16H2,1H3. The fourth-order valence-electron chi connectivity index (χ4n) is 2.25. The summed E-state index contributed by atoms with van der Waals surface area (Å²) >= 11 is 0. The first-order chi connectivity index (χ1) is 9.95. The normalized spacial score (nSPS) is 23.4. The highest BCUT2D eigenvalue weighted by Crippen LogP contribution is 2.23. The van der Waals surface area contributed by atoms with E-state index in [0.717, 1.165) is 5.56 Å². The SMILES string of the molecule is CC1CCN(S(=O)(=O)c2ccc(C#CCN)cc2)CC1O. The van der Waals surface area contributed by atoms with Crippen molar-refractivity contribution < 1.29 is 13.5 Å². The predicted octanol–water partition coefficient (Wildman–Crippen LogP) is 0.388. The molecular weight excluding hydrogens is 288 g/mol. The second-order valence-corrected chi connectivity index (χ2v) is 7.16. The van der Waals surface area contributed by atoms with Gasteiger partial charge in [-0.05, 0) is 36.6 Å². The van der Waals surface area contributed by atoms with Crippen LogP contribution in [0.15, 0.2) is 29.2 Å². The minimum Gasteiger partial charge on any atom is -0.391 e. The number of aliphatic hydroxyl groups excluding tert-OH is 1. The van der Waals surface area contributed by atoms with E-state index in [9.17, 15) is 13.5 Å². The maximum absolute atomic E-state index is 12.5. The first-order valence-electron chi connectivity index (χ1n) is 6.92. The molecule has 2 atom stereocenters. The van der Waals surface area contributed by atoms with Crippen LogP contribution in [0.25, 0.3) is 0 Å². The quantitative estimate of drug-likeness (QED) is 0.774. The van der Waals surface area contributed by atoms with Crippen molar-refractivity contribution in [1.29, 1.82) is 0 Å². The first kappa shape index (κ1) is 16.0. The average molecular weight is 308 g/mol. The molecule has 0 saturated carbocycles. The van der Waals surface area contributed by atoms with Gasteiger partial charge in [0.25, 0.3) is 0 Å². The molecule has 2 rings (SSSR count). The third kappa shape index (κ3) is 3.63. The predicted molar refractivity (Wildman–Crippen MR) is 80.9 cm³/mol. The van der Waals surface area contributed by atoms with Gasteiger partial charge in [-0.1, -0.05) is 18.8 Å². The van der Waals surface area contributed by atoms with Crippen LogP contribution in [0.1, 0.15) is 18.9 Å². The highest BCUT2D eigenvalue weighted by atomic mass is 32.2. The number of aliphatic hydroxyl groups is 1. The molecular formula is C15H20N2O3S. The van der Waals surface area contributed by atoms with Gasteiger partial charge in [0.05, 0.1) is 17.5 Å². The fourth-order valence-corrected chi connectivity index (χ4v) is 3.72. The largest absolute Gasteiger partial charge is 0.391 e. The number of β-amino-alcohol motifs (C(OH)–C–C–N with tert-alkyl or cyclic N) is 1. The number of nitrogens with two attached hydrogens (primary N) is 1. The van der Waals surface area contributed by atoms with Crippen molar-refractivity contribution in [2.45, 2.75) is 24.3 Å². The van der Waals surface area contributed by atoms with Crippen LogP contribution in [0, 0.1) is 17.8 Å². The summed E-state index contributed by atoms with van der Waals surface area (Å²) in [7, 11) is -3.56. The Morgan fingerprint density at radius 3 is 2.62 bits per heavy atom. The lowest BCUT2D eigenvalue weighted by Gasteiger charge is -2.33. The van der Waals surface area contributed by atoms with E-state index in [1.54, 1.807) is 24.3 Å². The van der Waals surface area contributed by atoms with E-state index in [-0.39, 0.29) is 23.9 Å². The van der Waals surface area contributed by atoms with Gasteiger partial charge in [0, 0.05) is 18.7 Å². The molecule has 1 aliphatic heterocycles. The Bertz CT molecular complexity index is 644. The molecule has 0 aliphatic carbocycles. The maximum Gasteiger partial charge on any atom is 0.243 e. The molecule has 1 fully saturated rings. The molecule has 2 unspecified atom stereocenters. The van der Waals surface area contributed by atoms with Crippen LogP contribution in [0.3, 0.4) is 0 Å². The summed E-state index contributed by atoms with van der Waals surface area (Å²) in [6, 6.07) is 6.41. The molecule has 0 aromatic heterocycles. The number of sulfonamides is 1. The lowest BCUT2D eigenvalue weighted by Crippen LogP contribution is -2.45. The van der Waals surface area contributed by atoms with Crippen molar-refractivity contribution in [2.24, 2.45) is 11.7 Å². The summed E-state index contributed by atoms with van der Waals surface area (Å²) in [6.07, 6.45) is 0.0590. The highest BCUT2D eigenvalue weighted by Gasteiger charge is 2.32. The van der Waals surface area contributed by atoms with Gasteiger partial charge in [0.2, 0.25) is 10.0 Å². The van der Waals surface area contributed by atoms with E-state index in [0.29, 0.717) is 13.0 Å². The molecule has 0 bridgehead atoms. The van der Waals surface area contributed by atoms with Crippen molar-refractivity contribution in [3.8, 4) is 11.8 Å². The van der Waals surface area contributed by atoms with E-state index in [4.69, 9.17) is 5.73 Å². The van der Waals surface area contributed by atoms with E-state index in [2.05, 4.69) is 11.8 Å². The van der Waals surface area contributed by atoms with Crippen molar-refractivity contribution in [1.82, 2.24) is 4.31 Å². The highest BCUT2D eigenvalue weighted by molar-refractivity contribution is 7.89. The number of hydrogen-bond acceptors (Lipinski definition) is 4. The maximum atomic E-state index is 12.5. The van der Waals surface area contributed by atoms with Gasteiger partial charge >= 0.3 is 0 Å². The Morgan fingerprint density at radius 2 is 2.05 bits per heavy atom. The zero-order valence-electron chi connectivity index (χ0n) is 12.0. The van der Waals surface area contributed by atoms with Gasteiger partial charge in [0.15, 0.2) is 0 Å². The number of hydrogen-bond donors (Lipinski definition) is 2. The fraction of sp³-hybridized carbons (Fsp3) is 0.467. The lowest BCUT2D eigenvalue weighted by atomic mass is 9.98. The smallest absolute Gasteiger partial charge is 0.243 e. The first-order valence-corrected chi connectivity index (χ1v) is 8.36.